The van der Waals surface area contributed by atoms with Gasteiger partial charge in [-0.15, -0.1) is 0 Å². The standard InChI is InChI=1S/C21H22N6O/c1-14(2)11-27-12-17(9-24-27)20(28)7-21-23-8-16-5-4-15(6-18(16)25-21)19-10-22-13-26(19)3/h4-6,8-10,12-14H,7,11H2,1-3H3. The lowest BCUT2D eigenvalue weighted by molar-refractivity contribution is 0.0990. The molecule has 0 amide bonds. The number of hydrogen-bond donors (Lipinski definition) is 0. The van der Waals surface area contributed by atoms with Crippen molar-refractivity contribution in [1.82, 2.24) is 29.3 Å². The first-order valence-corrected chi connectivity index (χ1v) is 9.27. The second-order valence-electron chi connectivity index (χ2n) is 7.39. The van der Waals surface area contributed by atoms with E-state index in [9.17, 15) is 4.79 Å². The zero-order valence-corrected chi connectivity index (χ0v) is 16.2. The van der Waals surface area contributed by atoms with Crippen molar-refractivity contribution in [3.8, 4) is 11.3 Å². The van der Waals surface area contributed by atoms with Gasteiger partial charge in [-0.2, -0.15) is 5.10 Å². The molecular formula is C21H22N6O. The van der Waals surface area contributed by atoms with Crippen molar-refractivity contribution in [1.29, 1.82) is 0 Å². The molecule has 1 aromatic carbocycles. The Bertz CT molecular complexity index is 1140. The minimum Gasteiger partial charge on any atom is -0.334 e. The highest BCUT2D eigenvalue weighted by Crippen LogP contribution is 2.22. The molecule has 0 atom stereocenters. The van der Waals surface area contributed by atoms with E-state index in [0.717, 1.165) is 28.7 Å². The average molecular weight is 374 g/mol. The average Bonchev–Trinajstić information content (AvgIpc) is 3.29. The molecule has 7 nitrogen and oxygen atoms in total. The fourth-order valence-corrected chi connectivity index (χ4v) is 3.17. The third-order valence-corrected chi connectivity index (χ3v) is 4.57. The van der Waals surface area contributed by atoms with Crippen LogP contribution in [0.4, 0.5) is 0 Å². The van der Waals surface area contributed by atoms with Crippen LogP contribution in [0.15, 0.2) is 49.3 Å². The van der Waals surface area contributed by atoms with Gasteiger partial charge >= 0.3 is 0 Å². The molecule has 3 heterocycles. The highest BCUT2D eigenvalue weighted by atomic mass is 16.1. The second-order valence-corrected chi connectivity index (χ2v) is 7.39. The van der Waals surface area contributed by atoms with Gasteiger partial charge in [-0.05, 0) is 12.0 Å². The summed E-state index contributed by atoms with van der Waals surface area (Å²) in [6, 6.07) is 6.01. The van der Waals surface area contributed by atoms with Gasteiger partial charge in [0.15, 0.2) is 5.78 Å². The summed E-state index contributed by atoms with van der Waals surface area (Å²) in [5.74, 6) is 0.953. The lowest BCUT2D eigenvalue weighted by Gasteiger charge is -2.05. The molecule has 0 aliphatic rings. The highest BCUT2D eigenvalue weighted by Gasteiger charge is 2.13. The van der Waals surface area contributed by atoms with Crippen LogP contribution in [0.5, 0.6) is 0 Å². The summed E-state index contributed by atoms with van der Waals surface area (Å²) in [4.78, 5) is 25.7. The SMILES string of the molecule is CC(C)Cn1cc(C(=O)Cc2ncc3ccc(-c4cncn4C)cc3n2)cn1. The van der Waals surface area contributed by atoms with Gasteiger partial charge in [-0.25, -0.2) is 15.0 Å². The predicted octanol–water partition coefficient (Wildman–Crippen LogP) is 3.31. The molecule has 3 aromatic heterocycles. The fraction of sp³-hybridized carbons (Fsp3) is 0.286. The summed E-state index contributed by atoms with van der Waals surface area (Å²) in [6.45, 7) is 5.02. The Morgan fingerprint density at radius 3 is 2.79 bits per heavy atom. The number of hydrogen-bond acceptors (Lipinski definition) is 5. The minimum atomic E-state index is -0.0304. The number of aromatic nitrogens is 6. The van der Waals surface area contributed by atoms with Crippen molar-refractivity contribution in [2.24, 2.45) is 13.0 Å². The van der Waals surface area contributed by atoms with Crippen molar-refractivity contribution in [2.75, 3.05) is 0 Å². The topological polar surface area (TPSA) is 78.5 Å². The zero-order valence-electron chi connectivity index (χ0n) is 16.2. The van der Waals surface area contributed by atoms with E-state index in [1.54, 1.807) is 29.6 Å². The van der Waals surface area contributed by atoms with Crippen LogP contribution in [-0.2, 0) is 20.0 Å². The van der Waals surface area contributed by atoms with Gasteiger partial charge in [0.1, 0.15) is 5.82 Å². The summed E-state index contributed by atoms with van der Waals surface area (Å²) in [7, 11) is 1.95. The van der Waals surface area contributed by atoms with E-state index in [4.69, 9.17) is 0 Å². The number of fused-ring (bicyclic) bond motifs is 1. The molecule has 0 aliphatic carbocycles. The molecule has 0 saturated heterocycles. The molecule has 7 heteroatoms. The number of benzene rings is 1. The molecule has 4 aromatic rings. The van der Waals surface area contributed by atoms with Gasteiger partial charge in [0.2, 0.25) is 0 Å². The van der Waals surface area contributed by atoms with Crippen LogP contribution < -0.4 is 0 Å². The smallest absolute Gasteiger partial charge is 0.173 e. The van der Waals surface area contributed by atoms with Gasteiger partial charge in [0, 0.05) is 36.9 Å². The first-order valence-electron chi connectivity index (χ1n) is 9.27. The van der Waals surface area contributed by atoms with Crippen molar-refractivity contribution < 1.29 is 4.79 Å². The van der Waals surface area contributed by atoms with Crippen LogP contribution in [-0.4, -0.2) is 35.1 Å². The van der Waals surface area contributed by atoms with E-state index in [-0.39, 0.29) is 12.2 Å². The second kappa shape index (κ2) is 7.34. The molecule has 0 bridgehead atoms. The number of nitrogens with zero attached hydrogens (tertiary/aromatic N) is 6. The number of aryl methyl sites for hydroxylation is 1. The number of imidazole rings is 1. The maximum Gasteiger partial charge on any atom is 0.173 e. The highest BCUT2D eigenvalue weighted by molar-refractivity contribution is 5.96. The van der Waals surface area contributed by atoms with Gasteiger partial charge in [0.05, 0.1) is 41.9 Å². The van der Waals surface area contributed by atoms with E-state index in [2.05, 4.69) is 33.9 Å². The lowest BCUT2D eigenvalue weighted by Crippen LogP contribution is -2.07. The molecule has 142 valence electrons. The van der Waals surface area contributed by atoms with Crippen LogP contribution in [0, 0.1) is 5.92 Å². The van der Waals surface area contributed by atoms with Crippen LogP contribution in [0.1, 0.15) is 30.0 Å². The predicted molar refractivity (Wildman–Crippen MR) is 107 cm³/mol. The maximum atomic E-state index is 12.6. The van der Waals surface area contributed by atoms with E-state index < -0.39 is 0 Å². The third-order valence-electron chi connectivity index (χ3n) is 4.57. The van der Waals surface area contributed by atoms with Gasteiger partial charge in [0.25, 0.3) is 0 Å². The lowest BCUT2D eigenvalue weighted by atomic mass is 10.1. The summed E-state index contributed by atoms with van der Waals surface area (Å²) in [5.41, 5.74) is 3.44. The summed E-state index contributed by atoms with van der Waals surface area (Å²) in [5, 5.41) is 5.20. The monoisotopic (exact) mass is 374 g/mol. The summed E-state index contributed by atoms with van der Waals surface area (Å²) < 4.78 is 3.76. The van der Waals surface area contributed by atoms with Crippen LogP contribution in [0.3, 0.4) is 0 Å². The Balaban J connectivity index is 1.57. The maximum absolute atomic E-state index is 12.6. The summed E-state index contributed by atoms with van der Waals surface area (Å²) in [6.07, 6.45) is 8.92. The molecule has 0 spiro atoms. The molecule has 0 aliphatic heterocycles. The Labute approximate surface area is 163 Å². The Hall–Kier alpha value is -3.35. The Kier molecular flexibility index (Phi) is 4.73. The minimum absolute atomic E-state index is 0.0304. The normalized spacial score (nSPS) is 11.4. The third kappa shape index (κ3) is 3.69. The van der Waals surface area contributed by atoms with Crippen LogP contribution in [0.25, 0.3) is 22.2 Å². The largest absolute Gasteiger partial charge is 0.334 e. The van der Waals surface area contributed by atoms with Crippen molar-refractivity contribution in [2.45, 2.75) is 26.8 Å². The molecule has 0 radical (unpaired) electrons. The summed E-state index contributed by atoms with van der Waals surface area (Å²) >= 11 is 0. The van der Waals surface area contributed by atoms with Crippen LogP contribution in [0.2, 0.25) is 0 Å². The van der Waals surface area contributed by atoms with Gasteiger partial charge < -0.3 is 4.57 Å². The van der Waals surface area contributed by atoms with Crippen LogP contribution >= 0.6 is 0 Å². The molecule has 0 unspecified atom stereocenters. The molecule has 0 saturated carbocycles. The van der Waals surface area contributed by atoms with E-state index >= 15 is 0 Å². The number of carbonyl (C=O) groups is 1. The molecule has 0 N–H and O–H groups in total. The fourth-order valence-electron chi connectivity index (χ4n) is 3.17. The van der Waals surface area contributed by atoms with Crippen molar-refractivity contribution in [3.05, 3.63) is 60.7 Å². The number of carbonyl (C=O) groups excluding carboxylic acids is 1. The first-order chi connectivity index (χ1) is 13.5. The van der Waals surface area contributed by atoms with Crippen molar-refractivity contribution in [3.63, 3.8) is 0 Å². The number of Topliss-reactive ketones (excluding diaryl/α,β-unsaturated/α-hetero) is 1. The van der Waals surface area contributed by atoms with Gasteiger partial charge in [-0.3, -0.25) is 9.48 Å². The van der Waals surface area contributed by atoms with Gasteiger partial charge in [-0.1, -0.05) is 26.0 Å². The number of ketones is 1. The van der Waals surface area contributed by atoms with E-state index in [0.29, 0.717) is 17.3 Å². The molecule has 4 rings (SSSR count). The Morgan fingerprint density at radius 1 is 1.18 bits per heavy atom. The molecule has 28 heavy (non-hydrogen) atoms. The zero-order chi connectivity index (χ0) is 19.7. The first kappa shape index (κ1) is 18.0. The number of rotatable bonds is 6. The molecule has 0 fully saturated rings. The quantitative estimate of drug-likeness (QED) is 0.484. The van der Waals surface area contributed by atoms with E-state index in [1.807, 2.05) is 36.0 Å². The van der Waals surface area contributed by atoms with Crippen molar-refractivity contribution >= 4 is 16.7 Å². The Morgan fingerprint density at radius 2 is 2.04 bits per heavy atom. The molecular weight excluding hydrogens is 352 g/mol. The van der Waals surface area contributed by atoms with E-state index in [1.165, 1.54) is 0 Å².